The van der Waals surface area contributed by atoms with Crippen LogP contribution in [-0.4, -0.2) is 18.3 Å². The number of rotatable bonds is 2. The predicted molar refractivity (Wildman–Crippen MR) is 59.9 cm³/mol. The van der Waals surface area contributed by atoms with E-state index in [2.05, 4.69) is 6.07 Å². The molecule has 2 rings (SSSR count). The van der Waals surface area contributed by atoms with Gasteiger partial charge < -0.3 is 9.84 Å². The molecule has 0 bridgehead atoms. The summed E-state index contributed by atoms with van der Waals surface area (Å²) in [5.41, 5.74) is -0.623. The quantitative estimate of drug-likeness (QED) is 0.883. The van der Waals surface area contributed by atoms with E-state index < -0.39 is 17.3 Å². The Hall–Kier alpha value is -1.15. The monoisotopic (exact) mass is 255 g/mol. The molecule has 2 atom stereocenters. The molecule has 1 heterocycles. The molecule has 90 valence electrons. The zero-order valence-corrected chi connectivity index (χ0v) is 9.75. The Kier molecular flexibility index (Phi) is 3.34. The molecule has 0 amide bonds. The van der Waals surface area contributed by atoms with Crippen molar-refractivity contribution in [2.24, 2.45) is 5.41 Å². The van der Waals surface area contributed by atoms with Gasteiger partial charge in [0.15, 0.2) is 0 Å². The second-order valence-corrected chi connectivity index (χ2v) is 4.55. The van der Waals surface area contributed by atoms with Crippen LogP contribution in [-0.2, 0) is 4.74 Å². The van der Waals surface area contributed by atoms with E-state index in [0.717, 1.165) is 6.07 Å². The van der Waals surface area contributed by atoms with Gasteiger partial charge in [-0.25, -0.2) is 4.39 Å². The standard InChI is InChI=1S/C12H11ClFNO2/c13-10-5-8(14)1-2-9(10)11(16)12(6-15)3-4-17-7-12/h1-2,5,11,16H,3-4,7H2. The summed E-state index contributed by atoms with van der Waals surface area (Å²) in [6.07, 6.45) is -0.624. The lowest BCUT2D eigenvalue weighted by molar-refractivity contribution is 0.0504. The zero-order chi connectivity index (χ0) is 12.5. The highest BCUT2D eigenvalue weighted by atomic mass is 35.5. The van der Waals surface area contributed by atoms with Crippen LogP contribution in [0.3, 0.4) is 0 Å². The summed E-state index contributed by atoms with van der Waals surface area (Å²) in [6, 6.07) is 5.83. The number of ether oxygens (including phenoxy) is 1. The third-order valence-corrected chi connectivity index (χ3v) is 3.38. The minimum absolute atomic E-state index is 0.124. The van der Waals surface area contributed by atoms with Crippen LogP contribution >= 0.6 is 11.6 Å². The van der Waals surface area contributed by atoms with Gasteiger partial charge in [0.25, 0.3) is 0 Å². The van der Waals surface area contributed by atoms with Crippen LogP contribution in [0.1, 0.15) is 18.1 Å². The van der Waals surface area contributed by atoms with E-state index in [4.69, 9.17) is 16.3 Å². The van der Waals surface area contributed by atoms with Gasteiger partial charge in [0.05, 0.1) is 12.7 Å². The summed E-state index contributed by atoms with van der Waals surface area (Å²) >= 11 is 5.87. The molecular weight excluding hydrogens is 245 g/mol. The van der Waals surface area contributed by atoms with Gasteiger partial charge in [-0.3, -0.25) is 0 Å². The largest absolute Gasteiger partial charge is 0.387 e. The highest BCUT2D eigenvalue weighted by Gasteiger charge is 2.43. The minimum atomic E-state index is -1.07. The molecule has 1 aromatic carbocycles. The molecule has 0 radical (unpaired) electrons. The maximum atomic E-state index is 12.9. The first kappa shape index (κ1) is 12.3. The molecule has 5 heteroatoms. The van der Waals surface area contributed by atoms with E-state index in [-0.39, 0.29) is 11.6 Å². The Balaban J connectivity index is 2.36. The third kappa shape index (κ3) is 2.14. The molecule has 17 heavy (non-hydrogen) atoms. The van der Waals surface area contributed by atoms with Crippen LogP contribution in [0.5, 0.6) is 0 Å². The topological polar surface area (TPSA) is 53.2 Å². The molecule has 3 nitrogen and oxygen atoms in total. The summed E-state index contributed by atoms with van der Waals surface area (Å²) in [5.74, 6) is -0.473. The first-order chi connectivity index (χ1) is 8.09. The highest BCUT2D eigenvalue weighted by molar-refractivity contribution is 6.31. The van der Waals surface area contributed by atoms with E-state index >= 15 is 0 Å². The molecule has 1 aliphatic rings. The average molecular weight is 256 g/mol. The number of nitriles is 1. The number of aliphatic hydroxyl groups is 1. The van der Waals surface area contributed by atoms with Gasteiger partial charge in [-0.2, -0.15) is 5.26 Å². The number of halogens is 2. The fourth-order valence-electron chi connectivity index (χ4n) is 1.97. The maximum absolute atomic E-state index is 12.9. The van der Waals surface area contributed by atoms with Gasteiger partial charge in [0, 0.05) is 17.2 Å². The molecule has 2 unspecified atom stereocenters. The van der Waals surface area contributed by atoms with Crippen LogP contribution in [0.2, 0.25) is 5.02 Å². The number of benzene rings is 1. The fourth-order valence-corrected chi connectivity index (χ4v) is 2.24. The molecule has 0 spiro atoms. The summed E-state index contributed by atoms with van der Waals surface area (Å²) in [7, 11) is 0. The average Bonchev–Trinajstić information content (AvgIpc) is 2.78. The van der Waals surface area contributed by atoms with E-state index in [1.54, 1.807) is 0 Å². The van der Waals surface area contributed by atoms with Gasteiger partial charge >= 0.3 is 0 Å². The normalized spacial score (nSPS) is 25.5. The van der Waals surface area contributed by atoms with Crippen molar-refractivity contribution in [3.63, 3.8) is 0 Å². The number of nitrogens with zero attached hydrogens (tertiary/aromatic N) is 1. The molecule has 0 saturated carbocycles. The predicted octanol–water partition coefficient (Wildman–Crippen LogP) is 2.44. The van der Waals surface area contributed by atoms with Crippen molar-refractivity contribution < 1.29 is 14.2 Å². The van der Waals surface area contributed by atoms with Crippen LogP contribution < -0.4 is 0 Å². The molecule has 1 aromatic rings. The smallest absolute Gasteiger partial charge is 0.124 e. The van der Waals surface area contributed by atoms with E-state index in [1.807, 2.05) is 0 Å². The van der Waals surface area contributed by atoms with E-state index in [1.165, 1.54) is 12.1 Å². The van der Waals surface area contributed by atoms with Gasteiger partial charge in [-0.15, -0.1) is 0 Å². The highest BCUT2D eigenvalue weighted by Crippen LogP contribution is 2.42. The van der Waals surface area contributed by atoms with Crippen molar-refractivity contribution in [2.45, 2.75) is 12.5 Å². The lowest BCUT2D eigenvalue weighted by Gasteiger charge is -2.26. The van der Waals surface area contributed by atoms with Gasteiger partial charge in [0.2, 0.25) is 0 Å². The molecular formula is C12H11ClFNO2. The van der Waals surface area contributed by atoms with Crippen molar-refractivity contribution in [3.8, 4) is 6.07 Å². The summed E-state index contributed by atoms with van der Waals surface area (Å²) in [6.45, 7) is 0.599. The van der Waals surface area contributed by atoms with Gasteiger partial charge in [0.1, 0.15) is 17.3 Å². The minimum Gasteiger partial charge on any atom is -0.387 e. The van der Waals surface area contributed by atoms with Crippen LogP contribution in [0, 0.1) is 22.6 Å². The number of aliphatic hydroxyl groups excluding tert-OH is 1. The third-order valence-electron chi connectivity index (χ3n) is 3.06. The van der Waals surface area contributed by atoms with Crippen LogP contribution in [0.15, 0.2) is 18.2 Å². The van der Waals surface area contributed by atoms with Gasteiger partial charge in [-0.1, -0.05) is 17.7 Å². The Morgan fingerprint density at radius 1 is 1.59 bits per heavy atom. The Bertz CT molecular complexity index is 466. The lowest BCUT2D eigenvalue weighted by Crippen LogP contribution is -2.28. The Morgan fingerprint density at radius 2 is 2.35 bits per heavy atom. The number of hydrogen-bond donors (Lipinski definition) is 1. The summed E-state index contributed by atoms with van der Waals surface area (Å²) in [5, 5.41) is 19.5. The van der Waals surface area contributed by atoms with Crippen LogP contribution in [0.4, 0.5) is 4.39 Å². The molecule has 1 N–H and O–H groups in total. The molecule has 1 aliphatic heterocycles. The van der Waals surface area contributed by atoms with E-state index in [9.17, 15) is 14.8 Å². The fraction of sp³-hybridized carbons (Fsp3) is 0.417. The first-order valence-corrected chi connectivity index (χ1v) is 5.59. The van der Waals surface area contributed by atoms with Crippen molar-refractivity contribution in [3.05, 3.63) is 34.6 Å². The number of hydrogen-bond acceptors (Lipinski definition) is 3. The van der Waals surface area contributed by atoms with Crippen LogP contribution in [0.25, 0.3) is 0 Å². The summed E-state index contributed by atoms with van der Waals surface area (Å²) in [4.78, 5) is 0. The second-order valence-electron chi connectivity index (χ2n) is 4.14. The van der Waals surface area contributed by atoms with Crippen molar-refractivity contribution in [1.29, 1.82) is 5.26 Å². The van der Waals surface area contributed by atoms with Crippen molar-refractivity contribution in [1.82, 2.24) is 0 Å². The first-order valence-electron chi connectivity index (χ1n) is 5.21. The Labute approximate surface area is 103 Å². The molecule has 1 fully saturated rings. The van der Waals surface area contributed by atoms with Crippen molar-refractivity contribution in [2.75, 3.05) is 13.2 Å². The molecule has 0 aliphatic carbocycles. The summed E-state index contributed by atoms with van der Waals surface area (Å²) < 4.78 is 18.1. The van der Waals surface area contributed by atoms with E-state index in [0.29, 0.717) is 18.6 Å². The van der Waals surface area contributed by atoms with Gasteiger partial charge in [-0.05, 0) is 18.6 Å². The maximum Gasteiger partial charge on any atom is 0.124 e. The second kappa shape index (κ2) is 4.61. The SMILES string of the molecule is N#CC1(C(O)c2ccc(F)cc2Cl)CCOC1. The Morgan fingerprint density at radius 3 is 2.88 bits per heavy atom. The lowest BCUT2D eigenvalue weighted by atomic mass is 9.79. The van der Waals surface area contributed by atoms with Crippen molar-refractivity contribution >= 4 is 11.6 Å². The molecule has 0 aromatic heterocycles. The molecule has 1 saturated heterocycles. The zero-order valence-electron chi connectivity index (χ0n) is 8.99.